The lowest BCUT2D eigenvalue weighted by Crippen LogP contribution is -2.45. The fraction of sp³-hybridized carbons (Fsp3) is 0.800. The van der Waals surface area contributed by atoms with E-state index < -0.39 is 24.9 Å². The van der Waals surface area contributed by atoms with Gasteiger partial charge in [-0.25, -0.2) is 0 Å². The summed E-state index contributed by atoms with van der Waals surface area (Å²) in [6.45, 7) is -0.466. The maximum Gasteiger partial charge on any atom is 0.151 e. The van der Waals surface area contributed by atoms with Gasteiger partial charge in [-0.2, -0.15) is 0 Å². The molecule has 0 fully saturated rings. The Morgan fingerprint density at radius 2 is 2.00 bits per heavy atom. The minimum atomic E-state index is -1.51. The molecule has 10 heavy (non-hydrogen) atoms. The number of rotatable bonds is 4. The molecule has 60 valence electrons. The molecule has 0 aliphatic heterocycles. The summed E-state index contributed by atoms with van der Waals surface area (Å²) in [6, 6.07) is -0.972. The topological polar surface area (TPSA) is 104 Å². The molecule has 0 amide bonds. The van der Waals surface area contributed by atoms with Gasteiger partial charge >= 0.3 is 0 Å². The van der Waals surface area contributed by atoms with Crippen molar-refractivity contribution in [1.82, 2.24) is 0 Å². The third-order valence-electron chi connectivity index (χ3n) is 1.14. The Morgan fingerprint density at radius 3 is 2.30 bits per heavy atom. The highest BCUT2D eigenvalue weighted by Gasteiger charge is 2.21. The Morgan fingerprint density at radius 1 is 1.50 bits per heavy atom. The molecule has 0 rings (SSSR count). The lowest BCUT2D eigenvalue weighted by atomic mass is 10.1. The van der Waals surface area contributed by atoms with Gasteiger partial charge in [0.1, 0.15) is 12.2 Å². The number of nitrogens with two attached hydrogens (primary N) is 1. The lowest BCUT2D eigenvalue weighted by Gasteiger charge is -2.17. The number of hydrogen-bond donors (Lipinski definition) is 4. The first-order chi connectivity index (χ1) is 4.63. The molecule has 5 heteroatoms. The number of carbonyl (C=O) groups is 1. The molecule has 0 bridgehead atoms. The first kappa shape index (κ1) is 9.51. The Hall–Kier alpha value is -0.490. The van der Waals surface area contributed by atoms with Gasteiger partial charge < -0.3 is 25.8 Å². The second-order valence-corrected chi connectivity index (χ2v) is 1.96. The number of aliphatic hydroxyl groups excluding tert-OH is 3. The molecule has 0 heterocycles. The summed E-state index contributed by atoms with van der Waals surface area (Å²) in [7, 11) is 0. The summed E-state index contributed by atoms with van der Waals surface area (Å²) in [6.07, 6.45) is -2.73. The van der Waals surface area contributed by atoms with Crippen molar-refractivity contribution in [3.8, 4) is 0 Å². The van der Waals surface area contributed by atoms with E-state index in [2.05, 4.69) is 0 Å². The first-order valence-electron chi connectivity index (χ1n) is 2.81. The van der Waals surface area contributed by atoms with Crippen LogP contribution in [0.5, 0.6) is 0 Å². The van der Waals surface area contributed by atoms with Crippen molar-refractivity contribution < 1.29 is 20.1 Å². The molecular weight excluding hydrogens is 138 g/mol. The molecule has 0 radical (unpaired) electrons. The zero-order valence-electron chi connectivity index (χ0n) is 5.34. The van der Waals surface area contributed by atoms with Crippen molar-refractivity contribution in [3.05, 3.63) is 0 Å². The molecule has 0 aromatic carbocycles. The van der Waals surface area contributed by atoms with Crippen molar-refractivity contribution >= 4 is 6.29 Å². The minimum Gasteiger partial charge on any atom is -0.395 e. The molecule has 5 N–H and O–H groups in total. The van der Waals surface area contributed by atoms with Crippen LogP contribution in [0.15, 0.2) is 0 Å². The van der Waals surface area contributed by atoms with Gasteiger partial charge in [-0.15, -0.1) is 0 Å². The molecule has 0 saturated heterocycles. The van der Waals surface area contributed by atoms with Crippen LogP contribution in [0.2, 0.25) is 0 Å². The lowest BCUT2D eigenvalue weighted by molar-refractivity contribution is -0.121. The molecule has 3 atom stereocenters. The van der Waals surface area contributed by atoms with Gasteiger partial charge in [-0.05, 0) is 0 Å². The molecular formula is C5H11NO4. The minimum absolute atomic E-state index is 0.167. The SMILES string of the molecule is N[C@@H](CO)[C@H](O)[C@@H](O)C=O. The summed E-state index contributed by atoms with van der Waals surface area (Å²) in [5.74, 6) is 0. The summed E-state index contributed by atoms with van der Waals surface area (Å²) < 4.78 is 0. The van der Waals surface area contributed by atoms with Crippen molar-refractivity contribution in [3.63, 3.8) is 0 Å². The largest absolute Gasteiger partial charge is 0.395 e. The molecule has 0 unspecified atom stereocenters. The predicted molar refractivity (Wildman–Crippen MR) is 33.1 cm³/mol. The molecule has 0 aromatic heterocycles. The van der Waals surface area contributed by atoms with Crippen LogP contribution < -0.4 is 5.73 Å². The van der Waals surface area contributed by atoms with Gasteiger partial charge in [-0.3, -0.25) is 0 Å². The van der Waals surface area contributed by atoms with Crippen LogP contribution in [-0.2, 0) is 4.79 Å². The van der Waals surface area contributed by atoms with Crippen LogP contribution in [0.25, 0.3) is 0 Å². The molecule has 0 spiro atoms. The number of aliphatic hydroxyl groups is 3. The first-order valence-corrected chi connectivity index (χ1v) is 2.81. The van der Waals surface area contributed by atoms with E-state index in [1.54, 1.807) is 0 Å². The van der Waals surface area contributed by atoms with Crippen LogP contribution in [-0.4, -0.2) is 46.5 Å². The van der Waals surface area contributed by atoms with Crippen molar-refractivity contribution in [2.45, 2.75) is 18.2 Å². The second-order valence-electron chi connectivity index (χ2n) is 1.96. The fourth-order valence-corrected chi connectivity index (χ4v) is 0.442. The van der Waals surface area contributed by atoms with Crippen LogP contribution in [0.1, 0.15) is 0 Å². The average molecular weight is 149 g/mol. The standard InChI is InChI=1S/C5H11NO4/c6-3(1-7)5(10)4(9)2-8/h2-5,7,9-10H,1,6H2/t3-,4-,5-/m0/s1. The number of aldehydes is 1. The monoisotopic (exact) mass is 149 g/mol. The van der Waals surface area contributed by atoms with E-state index in [4.69, 9.17) is 21.1 Å². The Bertz CT molecular complexity index is 108. The van der Waals surface area contributed by atoms with Gasteiger partial charge in [0, 0.05) is 0 Å². The van der Waals surface area contributed by atoms with Gasteiger partial charge in [0.05, 0.1) is 12.6 Å². The van der Waals surface area contributed by atoms with Crippen molar-refractivity contribution in [2.75, 3.05) is 6.61 Å². The summed E-state index contributed by atoms with van der Waals surface area (Å²) in [5, 5.41) is 25.8. The van der Waals surface area contributed by atoms with Crippen LogP contribution in [0.3, 0.4) is 0 Å². The predicted octanol–water partition coefficient (Wildman–Crippen LogP) is -2.77. The van der Waals surface area contributed by atoms with E-state index in [0.717, 1.165) is 0 Å². The summed E-state index contributed by atoms with van der Waals surface area (Å²) in [4.78, 5) is 9.82. The van der Waals surface area contributed by atoms with E-state index in [1.807, 2.05) is 0 Å². The van der Waals surface area contributed by atoms with E-state index >= 15 is 0 Å². The summed E-state index contributed by atoms with van der Waals surface area (Å²) in [5.41, 5.74) is 5.07. The van der Waals surface area contributed by atoms with Crippen LogP contribution in [0, 0.1) is 0 Å². The Balaban J connectivity index is 3.80. The van der Waals surface area contributed by atoms with E-state index in [9.17, 15) is 4.79 Å². The highest BCUT2D eigenvalue weighted by Crippen LogP contribution is 1.93. The normalized spacial score (nSPS) is 19.6. The van der Waals surface area contributed by atoms with Gasteiger partial charge in [0.25, 0.3) is 0 Å². The van der Waals surface area contributed by atoms with Gasteiger partial charge in [0.2, 0.25) is 0 Å². The van der Waals surface area contributed by atoms with E-state index in [0.29, 0.717) is 0 Å². The van der Waals surface area contributed by atoms with Crippen molar-refractivity contribution in [1.29, 1.82) is 0 Å². The molecule has 0 aliphatic rings. The molecule has 0 aromatic rings. The van der Waals surface area contributed by atoms with Crippen molar-refractivity contribution in [2.24, 2.45) is 5.73 Å². The maximum absolute atomic E-state index is 9.82. The van der Waals surface area contributed by atoms with Gasteiger partial charge in [-0.1, -0.05) is 0 Å². The smallest absolute Gasteiger partial charge is 0.151 e. The molecule has 0 aliphatic carbocycles. The maximum atomic E-state index is 9.82. The molecule has 0 saturated carbocycles. The Labute approximate surface area is 58.1 Å². The van der Waals surface area contributed by atoms with Gasteiger partial charge in [0.15, 0.2) is 6.29 Å². The third-order valence-corrected chi connectivity index (χ3v) is 1.14. The highest BCUT2D eigenvalue weighted by atomic mass is 16.3. The zero-order valence-corrected chi connectivity index (χ0v) is 5.34. The number of hydrogen-bond acceptors (Lipinski definition) is 5. The van der Waals surface area contributed by atoms with Crippen LogP contribution in [0.4, 0.5) is 0 Å². The third kappa shape index (κ3) is 2.40. The second kappa shape index (κ2) is 4.35. The molecule has 5 nitrogen and oxygen atoms in total. The highest BCUT2D eigenvalue weighted by molar-refractivity contribution is 5.56. The quantitative estimate of drug-likeness (QED) is 0.324. The summed E-state index contributed by atoms with van der Waals surface area (Å²) >= 11 is 0. The fourth-order valence-electron chi connectivity index (χ4n) is 0.442. The van der Waals surface area contributed by atoms with E-state index in [-0.39, 0.29) is 6.29 Å². The number of carbonyl (C=O) groups excluding carboxylic acids is 1. The van der Waals surface area contributed by atoms with Crippen LogP contribution >= 0.6 is 0 Å². The Kier molecular flexibility index (Phi) is 4.13. The van der Waals surface area contributed by atoms with E-state index in [1.165, 1.54) is 0 Å². The zero-order chi connectivity index (χ0) is 8.15. The average Bonchev–Trinajstić information content (AvgIpc) is 2.00.